The van der Waals surface area contributed by atoms with Gasteiger partial charge in [-0.2, -0.15) is 4.98 Å². The van der Waals surface area contributed by atoms with Gasteiger partial charge in [0.05, 0.1) is 4.88 Å². The summed E-state index contributed by atoms with van der Waals surface area (Å²) in [6.07, 6.45) is 0.494. The van der Waals surface area contributed by atoms with Gasteiger partial charge in [-0.25, -0.2) is 0 Å². The van der Waals surface area contributed by atoms with E-state index in [1.807, 2.05) is 24.4 Å². The smallest absolute Gasteiger partial charge is 0.264 e. The van der Waals surface area contributed by atoms with E-state index >= 15 is 0 Å². The third kappa shape index (κ3) is 3.23. The number of hydrogen-bond acceptors (Lipinski definition) is 6. The van der Waals surface area contributed by atoms with E-state index < -0.39 is 0 Å². The summed E-state index contributed by atoms with van der Waals surface area (Å²) in [5, 5.41) is 5.88. The molecule has 6 heteroatoms. The number of ether oxygens (including phenoxy) is 1. The number of Topliss-reactive ketones (excluding diaryl/α,β-unsaturated/α-hetero) is 1. The molecule has 2 heterocycles. The minimum atomic E-state index is 0.115. The molecular formula is C16H14N2O3S. The molecule has 0 fully saturated rings. The number of rotatable bonds is 6. The predicted molar refractivity (Wildman–Crippen MR) is 83.0 cm³/mol. The lowest BCUT2D eigenvalue weighted by molar-refractivity contribution is 0.0988. The van der Waals surface area contributed by atoms with Crippen molar-refractivity contribution in [2.75, 3.05) is 0 Å². The Kier molecular flexibility index (Phi) is 4.29. The number of nitrogens with zero attached hydrogens (tertiary/aromatic N) is 2. The van der Waals surface area contributed by atoms with Crippen LogP contribution in [0.2, 0.25) is 0 Å². The van der Waals surface area contributed by atoms with Gasteiger partial charge in [0.25, 0.3) is 5.89 Å². The van der Waals surface area contributed by atoms with Gasteiger partial charge >= 0.3 is 0 Å². The fourth-order valence-corrected chi connectivity index (χ4v) is 2.55. The molecule has 0 unspecified atom stereocenters. The number of carbonyl (C=O) groups excluding carboxylic acids is 1. The Morgan fingerprint density at radius 1 is 1.27 bits per heavy atom. The third-order valence-electron chi connectivity index (χ3n) is 3.07. The largest absolute Gasteiger partial charge is 0.484 e. The molecule has 1 aromatic carbocycles. The zero-order valence-electron chi connectivity index (χ0n) is 12.0. The van der Waals surface area contributed by atoms with Gasteiger partial charge in [0.2, 0.25) is 5.82 Å². The van der Waals surface area contributed by atoms with Gasteiger partial charge in [-0.05, 0) is 35.7 Å². The number of thiophene rings is 1. The van der Waals surface area contributed by atoms with E-state index in [0.29, 0.717) is 29.4 Å². The van der Waals surface area contributed by atoms with Crippen LogP contribution in [0, 0.1) is 0 Å². The number of aromatic nitrogens is 2. The molecule has 0 radical (unpaired) electrons. The van der Waals surface area contributed by atoms with E-state index in [-0.39, 0.29) is 12.4 Å². The molecule has 112 valence electrons. The van der Waals surface area contributed by atoms with Crippen LogP contribution in [-0.4, -0.2) is 15.9 Å². The van der Waals surface area contributed by atoms with E-state index in [2.05, 4.69) is 10.1 Å². The first kappa shape index (κ1) is 14.5. The molecule has 5 nitrogen and oxygen atoms in total. The van der Waals surface area contributed by atoms with Crippen molar-refractivity contribution in [3.05, 3.63) is 53.2 Å². The van der Waals surface area contributed by atoms with E-state index in [0.717, 1.165) is 4.88 Å². The van der Waals surface area contributed by atoms with Crippen molar-refractivity contribution < 1.29 is 14.1 Å². The molecule has 0 amide bonds. The first-order valence-corrected chi connectivity index (χ1v) is 7.76. The second-order valence-electron chi connectivity index (χ2n) is 4.58. The van der Waals surface area contributed by atoms with E-state index in [1.165, 1.54) is 0 Å². The van der Waals surface area contributed by atoms with Crippen molar-refractivity contribution in [1.29, 1.82) is 0 Å². The Bertz CT molecular complexity index is 748. The predicted octanol–water partition coefficient (Wildman–Crippen LogP) is 3.97. The van der Waals surface area contributed by atoms with Crippen molar-refractivity contribution in [3.8, 4) is 16.5 Å². The molecule has 3 aromatic rings. The summed E-state index contributed by atoms with van der Waals surface area (Å²) in [5.74, 6) is 1.75. The van der Waals surface area contributed by atoms with Crippen LogP contribution in [0.15, 0.2) is 46.3 Å². The van der Waals surface area contributed by atoms with E-state index in [4.69, 9.17) is 9.26 Å². The molecule has 0 aliphatic rings. The van der Waals surface area contributed by atoms with Gasteiger partial charge in [0.15, 0.2) is 12.4 Å². The zero-order chi connectivity index (χ0) is 15.4. The quantitative estimate of drug-likeness (QED) is 0.644. The van der Waals surface area contributed by atoms with Crippen molar-refractivity contribution in [2.24, 2.45) is 0 Å². The molecule has 0 aliphatic carbocycles. The average Bonchev–Trinajstić information content (AvgIpc) is 3.23. The Morgan fingerprint density at radius 3 is 2.77 bits per heavy atom. The van der Waals surface area contributed by atoms with Crippen LogP contribution in [0.5, 0.6) is 5.75 Å². The standard InChI is InChI=1S/C16H14N2O3S/c1-2-13(19)11-5-7-12(8-6-11)20-10-15-17-16(18-21-15)14-4-3-9-22-14/h3-9H,2,10H2,1H3. The molecule has 0 N–H and O–H groups in total. The van der Waals surface area contributed by atoms with Crippen LogP contribution in [0.3, 0.4) is 0 Å². The van der Waals surface area contributed by atoms with Crippen LogP contribution in [0.1, 0.15) is 29.6 Å². The molecule has 2 aromatic heterocycles. The van der Waals surface area contributed by atoms with E-state index in [9.17, 15) is 4.79 Å². The lowest BCUT2D eigenvalue weighted by atomic mass is 10.1. The van der Waals surface area contributed by atoms with Crippen molar-refractivity contribution in [3.63, 3.8) is 0 Å². The summed E-state index contributed by atoms with van der Waals surface area (Å²) in [6, 6.07) is 10.9. The van der Waals surface area contributed by atoms with Crippen molar-refractivity contribution in [2.45, 2.75) is 20.0 Å². The minimum absolute atomic E-state index is 0.115. The SMILES string of the molecule is CCC(=O)c1ccc(OCc2nc(-c3cccs3)no2)cc1. The molecule has 0 bridgehead atoms. The maximum Gasteiger partial charge on any atom is 0.264 e. The first-order valence-electron chi connectivity index (χ1n) is 6.89. The molecule has 0 spiro atoms. The highest BCUT2D eigenvalue weighted by atomic mass is 32.1. The summed E-state index contributed by atoms with van der Waals surface area (Å²) in [7, 11) is 0. The summed E-state index contributed by atoms with van der Waals surface area (Å²) >= 11 is 1.55. The van der Waals surface area contributed by atoms with Gasteiger partial charge in [0, 0.05) is 12.0 Å². The maximum absolute atomic E-state index is 11.5. The second kappa shape index (κ2) is 6.53. The lowest BCUT2D eigenvalue weighted by Crippen LogP contribution is -1.98. The lowest BCUT2D eigenvalue weighted by Gasteiger charge is -2.03. The fourth-order valence-electron chi connectivity index (χ4n) is 1.91. The summed E-state index contributed by atoms with van der Waals surface area (Å²) in [4.78, 5) is 16.8. The van der Waals surface area contributed by atoms with Crippen LogP contribution < -0.4 is 4.74 Å². The van der Waals surface area contributed by atoms with Crippen molar-refractivity contribution in [1.82, 2.24) is 10.1 Å². The minimum Gasteiger partial charge on any atom is -0.484 e. The Labute approximate surface area is 131 Å². The Balaban J connectivity index is 1.62. The number of ketones is 1. The van der Waals surface area contributed by atoms with Gasteiger partial charge in [0.1, 0.15) is 5.75 Å². The van der Waals surface area contributed by atoms with Crippen LogP contribution in [-0.2, 0) is 6.61 Å². The average molecular weight is 314 g/mol. The number of benzene rings is 1. The molecule has 0 saturated heterocycles. The topological polar surface area (TPSA) is 65.2 Å². The number of carbonyl (C=O) groups is 1. The van der Waals surface area contributed by atoms with Gasteiger partial charge in [-0.3, -0.25) is 4.79 Å². The fraction of sp³-hybridized carbons (Fsp3) is 0.188. The molecule has 0 saturated carbocycles. The normalized spacial score (nSPS) is 10.6. The highest BCUT2D eigenvalue weighted by Crippen LogP contribution is 2.22. The molecule has 22 heavy (non-hydrogen) atoms. The zero-order valence-corrected chi connectivity index (χ0v) is 12.8. The Hall–Kier alpha value is -2.47. The second-order valence-corrected chi connectivity index (χ2v) is 5.53. The molecule has 0 atom stereocenters. The van der Waals surface area contributed by atoms with Gasteiger partial charge in [-0.1, -0.05) is 18.1 Å². The Morgan fingerprint density at radius 2 is 2.09 bits per heavy atom. The van der Waals surface area contributed by atoms with Crippen LogP contribution in [0.25, 0.3) is 10.7 Å². The van der Waals surface area contributed by atoms with Gasteiger partial charge in [-0.15, -0.1) is 11.3 Å². The highest BCUT2D eigenvalue weighted by molar-refractivity contribution is 7.13. The maximum atomic E-state index is 11.5. The summed E-state index contributed by atoms with van der Waals surface area (Å²) in [5.41, 5.74) is 0.688. The molecule has 0 aliphatic heterocycles. The van der Waals surface area contributed by atoms with E-state index in [1.54, 1.807) is 35.6 Å². The summed E-state index contributed by atoms with van der Waals surface area (Å²) in [6.45, 7) is 2.03. The van der Waals surface area contributed by atoms with Crippen LogP contribution in [0.4, 0.5) is 0 Å². The van der Waals surface area contributed by atoms with Crippen LogP contribution >= 0.6 is 11.3 Å². The summed E-state index contributed by atoms with van der Waals surface area (Å²) < 4.78 is 10.7. The number of hydrogen-bond donors (Lipinski definition) is 0. The van der Waals surface area contributed by atoms with Gasteiger partial charge < -0.3 is 9.26 Å². The third-order valence-corrected chi connectivity index (χ3v) is 3.94. The monoisotopic (exact) mass is 314 g/mol. The molecule has 3 rings (SSSR count). The highest BCUT2D eigenvalue weighted by Gasteiger charge is 2.10. The molecular weight excluding hydrogens is 300 g/mol. The van der Waals surface area contributed by atoms with Crippen molar-refractivity contribution >= 4 is 17.1 Å². The first-order chi connectivity index (χ1) is 10.8.